The van der Waals surface area contributed by atoms with E-state index in [2.05, 4.69) is 22.6 Å². The molecule has 0 N–H and O–H groups in total. The molecule has 0 saturated heterocycles. The number of rotatable bonds is 1. The molecule has 2 nitrogen and oxygen atoms in total. The normalized spacial score (nSPS) is 24.4. The Balaban J connectivity index is 1.97. The third-order valence-electron chi connectivity index (χ3n) is 3.31. The zero-order chi connectivity index (χ0) is 11.1. The summed E-state index contributed by atoms with van der Waals surface area (Å²) >= 11 is 8.25. The molecule has 0 fully saturated rings. The number of hydrogen-bond donors (Lipinski definition) is 0. The largest absolute Gasteiger partial charge is 0.272 e. The first kappa shape index (κ1) is 10.4. The molecule has 0 radical (unpaired) electrons. The van der Waals surface area contributed by atoms with Crippen molar-refractivity contribution >= 4 is 22.9 Å². The van der Waals surface area contributed by atoms with E-state index >= 15 is 0 Å². The number of aromatic nitrogens is 2. The Hall–Kier alpha value is -0.800. The molecular weight excluding hydrogens is 240 g/mol. The summed E-state index contributed by atoms with van der Waals surface area (Å²) < 4.78 is 1.96. The third-order valence-corrected chi connectivity index (χ3v) is 4.76. The van der Waals surface area contributed by atoms with E-state index in [-0.39, 0.29) is 5.38 Å². The average molecular weight is 253 g/mol. The van der Waals surface area contributed by atoms with Gasteiger partial charge in [0.15, 0.2) is 0 Å². The Kier molecular flexibility index (Phi) is 2.52. The number of aryl methyl sites for hydroxylation is 1. The van der Waals surface area contributed by atoms with Gasteiger partial charge in [-0.3, -0.25) is 4.68 Å². The van der Waals surface area contributed by atoms with E-state index in [0.717, 1.165) is 12.8 Å². The SMILES string of the molecule is Cn1ncc2c1CC(c1cccs1)CC2Cl. The first-order chi connectivity index (χ1) is 7.75. The van der Waals surface area contributed by atoms with Crippen molar-refractivity contribution < 1.29 is 0 Å². The molecule has 0 amide bonds. The summed E-state index contributed by atoms with van der Waals surface area (Å²) in [6.45, 7) is 0. The van der Waals surface area contributed by atoms with Gasteiger partial charge in [0.05, 0.1) is 11.6 Å². The molecule has 0 bridgehead atoms. The number of halogens is 1. The standard InChI is InChI=1S/C12H13ClN2S/c1-15-11-6-8(12-3-2-4-16-12)5-10(13)9(11)7-14-15/h2-4,7-8,10H,5-6H2,1H3. The second-order valence-electron chi connectivity index (χ2n) is 4.29. The lowest BCUT2D eigenvalue weighted by molar-refractivity contribution is 0.549. The van der Waals surface area contributed by atoms with Crippen molar-refractivity contribution in [2.24, 2.45) is 7.05 Å². The first-order valence-electron chi connectivity index (χ1n) is 5.44. The summed E-state index contributed by atoms with van der Waals surface area (Å²) in [6.07, 6.45) is 4.01. The van der Waals surface area contributed by atoms with Crippen molar-refractivity contribution in [2.45, 2.75) is 24.1 Å². The van der Waals surface area contributed by atoms with Crippen molar-refractivity contribution in [2.75, 3.05) is 0 Å². The third kappa shape index (κ3) is 1.59. The van der Waals surface area contributed by atoms with Crippen molar-refractivity contribution in [1.29, 1.82) is 0 Å². The fourth-order valence-electron chi connectivity index (χ4n) is 2.43. The molecule has 3 rings (SSSR count). The van der Waals surface area contributed by atoms with Gasteiger partial charge >= 0.3 is 0 Å². The van der Waals surface area contributed by atoms with Gasteiger partial charge in [-0.1, -0.05) is 6.07 Å². The second kappa shape index (κ2) is 3.90. The Morgan fingerprint density at radius 2 is 2.44 bits per heavy atom. The number of hydrogen-bond acceptors (Lipinski definition) is 2. The van der Waals surface area contributed by atoms with Gasteiger partial charge in [-0.25, -0.2) is 0 Å². The van der Waals surface area contributed by atoms with E-state index in [1.54, 1.807) is 0 Å². The maximum atomic E-state index is 6.42. The Labute approximate surface area is 104 Å². The van der Waals surface area contributed by atoms with Crippen LogP contribution in [0, 0.1) is 0 Å². The fraction of sp³-hybridized carbons (Fsp3) is 0.417. The molecule has 0 aliphatic heterocycles. The van der Waals surface area contributed by atoms with E-state index in [1.807, 2.05) is 29.3 Å². The molecule has 4 heteroatoms. The molecule has 1 aliphatic carbocycles. The Morgan fingerprint density at radius 3 is 3.19 bits per heavy atom. The minimum atomic E-state index is 0.115. The smallest absolute Gasteiger partial charge is 0.0625 e. The topological polar surface area (TPSA) is 17.8 Å². The molecule has 2 aromatic heterocycles. The molecule has 2 atom stereocenters. The predicted octanol–water partition coefficient (Wildman–Crippen LogP) is 3.49. The molecule has 0 saturated carbocycles. The fourth-order valence-corrected chi connectivity index (χ4v) is 3.67. The van der Waals surface area contributed by atoms with Gasteiger partial charge < -0.3 is 0 Å². The number of fused-ring (bicyclic) bond motifs is 1. The number of alkyl halides is 1. The highest BCUT2D eigenvalue weighted by molar-refractivity contribution is 7.10. The molecule has 2 heterocycles. The molecule has 2 aromatic rings. The second-order valence-corrected chi connectivity index (χ2v) is 5.80. The van der Waals surface area contributed by atoms with Gasteiger partial charge in [0.2, 0.25) is 0 Å². The molecule has 2 unspecified atom stereocenters. The molecule has 16 heavy (non-hydrogen) atoms. The summed E-state index contributed by atoms with van der Waals surface area (Å²) in [7, 11) is 2.00. The van der Waals surface area contributed by atoms with Crippen LogP contribution in [-0.4, -0.2) is 9.78 Å². The van der Waals surface area contributed by atoms with Crippen LogP contribution in [0.1, 0.15) is 33.9 Å². The van der Waals surface area contributed by atoms with Gasteiger partial charge in [0.25, 0.3) is 0 Å². The van der Waals surface area contributed by atoms with Crippen LogP contribution < -0.4 is 0 Å². The highest BCUT2D eigenvalue weighted by atomic mass is 35.5. The monoisotopic (exact) mass is 252 g/mol. The van der Waals surface area contributed by atoms with Crippen LogP contribution in [0.25, 0.3) is 0 Å². The van der Waals surface area contributed by atoms with E-state index in [0.29, 0.717) is 5.92 Å². The van der Waals surface area contributed by atoms with Crippen LogP contribution in [0.5, 0.6) is 0 Å². The lowest BCUT2D eigenvalue weighted by Crippen LogP contribution is -2.15. The van der Waals surface area contributed by atoms with Gasteiger partial charge in [0.1, 0.15) is 0 Å². The first-order valence-corrected chi connectivity index (χ1v) is 6.75. The summed E-state index contributed by atoms with van der Waals surface area (Å²) in [5, 5.41) is 6.55. The van der Waals surface area contributed by atoms with Crippen LogP contribution in [0.2, 0.25) is 0 Å². The average Bonchev–Trinajstić information content (AvgIpc) is 2.88. The van der Waals surface area contributed by atoms with Crippen molar-refractivity contribution in [3.05, 3.63) is 39.8 Å². The lowest BCUT2D eigenvalue weighted by Gasteiger charge is -2.25. The van der Waals surface area contributed by atoms with Gasteiger partial charge in [-0.15, -0.1) is 22.9 Å². The van der Waals surface area contributed by atoms with Gasteiger partial charge in [0, 0.05) is 29.1 Å². The highest BCUT2D eigenvalue weighted by Gasteiger charge is 2.29. The van der Waals surface area contributed by atoms with Crippen LogP contribution in [0.15, 0.2) is 23.7 Å². The predicted molar refractivity (Wildman–Crippen MR) is 67.2 cm³/mol. The Morgan fingerprint density at radius 1 is 1.56 bits per heavy atom. The van der Waals surface area contributed by atoms with Crippen molar-refractivity contribution in [3.8, 4) is 0 Å². The van der Waals surface area contributed by atoms with E-state index < -0.39 is 0 Å². The molecule has 1 aliphatic rings. The maximum absolute atomic E-state index is 6.42. The lowest BCUT2D eigenvalue weighted by atomic mass is 9.86. The van der Waals surface area contributed by atoms with Gasteiger partial charge in [-0.2, -0.15) is 5.10 Å². The molecule has 0 spiro atoms. The quantitative estimate of drug-likeness (QED) is 0.711. The van der Waals surface area contributed by atoms with Crippen LogP contribution in [-0.2, 0) is 13.5 Å². The van der Waals surface area contributed by atoms with Crippen molar-refractivity contribution in [3.63, 3.8) is 0 Å². The minimum Gasteiger partial charge on any atom is -0.272 e. The summed E-state index contributed by atoms with van der Waals surface area (Å²) in [5.41, 5.74) is 2.52. The number of nitrogens with zero attached hydrogens (tertiary/aromatic N) is 2. The van der Waals surface area contributed by atoms with Crippen LogP contribution in [0.4, 0.5) is 0 Å². The van der Waals surface area contributed by atoms with E-state index in [4.69, 9.17) is 11.6 Å². The maximum Gasteiger partial charge on any atom is 0.0625 e. The summed E-state index contributed by atoms with van der Waals surface area (Å²) in [6, 6.07) is 4.32. The summed E-state index contributed by atoms with van der Waals surface area (Å²) in [5.74, 6) is 0.561. The van der Waals surface area contributed by atoms with E-state index in [1.165, 1.54) is 16.1 Å². The zero-order valence-corrected chi connectivity index (χ0v) is 10.6. The number of thiophene rings is 1. The van der Waals surface area contributed by atoms with Crippen molar-refractivity contribution in [1.82, 2.24) is 9.78 Å². The minimum absolute atomic E-state index is 0.115. The molecular formula is C12H13ClN2S. The zero-order valence-electron chi connectivity index (χ0n) is 9.06. The highest BCUT2D eigenvalue weighted by Crippen LogP contribution is 2.42. The summed E-state index contributed by atoms with van der Waals surface area (Å²) in [4.78, 5) is 1.44. The van der Waals surface area contributed by atoms with Gasteiger partial charge in [-0.05, 0) is 24.3 Å². The van der Waals surface area contributed by atoms with E-state index in [9.17, 15) is 0 Å². The van der Waals surface area contributed by atoms with Crippen LogP contribution in [0.3, 0.4) is 0 Å². The molecule has 0 aromatic carbocycles. The van der Waals surface area contributed by atoms with Crippen LogP contribution >= 0.6 is 22.9 Å². The Bertz CT molecular complexity index is 489. The molecule has 84 valence electrons.